The van der Waals surface area contributed by atoms with Gasteiger partial charge < -0.3 is 15.2 Å². The van der Waals surface area contributed by atoms with Gasteiger partial charge in [-0.2, -0.15) is 0 Å². The number of nitrogens with one attached hydrogen (secondary N) is 1. The fraction of sp³-hybridized carbons (Fsp3) is 0.346. The first kappa shape index (κ1) is 24.4. The highest BCUT2D eigenvalue weighted by atomic mass is 19.1. The first-order valence-electron chi connectivity index (χ1n) is 11.6. The summed E-state index contributed by atoms with van der Waals surface area (Å²) in [4.78, 5) is 30.6. The SMILES string of the molecule is CCCOc1cc(F)ccc1Nc1nccn(-c2cc(C)c(CN3CC(C(=O)O)C3)c(C)c2)c1=O. The molecule has 8 nitrogen and oxygen atoms in total. The molecule has 1 aliphatic heterocycles. The fourth-order valence-corrected chi connectivity index (χ4v) is 4.20. The van der Waals surface area contributed by atoms with E-state index in [4.69, 9.17) is 9.84 Å². The maximum atomic E-state index is 13.7. The Morgan fingerprint density at radius 1 is 1.23 bits per heavy atom. The molecular weight excluding hydrogens is 451 g/mol. The smallest absolute Gasteiger partial charge is 0.309 e. The molecule has 2 heterocycles. The predicted octanol–water partition coefficient (Wildman–Crippen LogP) is 4.04. The van der Waals surface area contributed by atoms with Gasteiger partial charge in [0.15, 0.2) is 5.82 Å². The molecule has 1 aromatic heterocycles. The van der Waals surface area contributed by atoms with E-state index < -0.39 is 11.8 Å². The maximum absolute atomic E-state index is 13.7. The molecule has 9 heteroatoms. The minimum Gasteiger partial charge on any atom is -0.491 e. The molecule has 184 valence electrons. The second-order valence-electron chi connectivity index (χ2n) is 8.85. The number of hydrogen-bond donors (Lipinski definition) is 2. The zero-order valence-electron chi connectivity index (χ0n) is 20.0. The molecule has 0 radical (unpaired) electrons. The van der Waals surface area contributed by atoms with E-state index in [0.717, 1.165) is 23.1 Å². The van der Waals surface area contributed by atoms with Crippen molar-refractivity contribution >= 4 is 17.5 Å². The molecule has 0 unspecified atom stereocenters. The molecule has 1 aliphatic rings. The third kappa shape index (κ3) is 5.35. The van der Waals surface area contributed by atoms with E-state index in [1.807, 2.05) is 32.9 Å². The highest BCUT2D eigenvalue weighted by Crippen LogP contribution is 2.28. The van der Waals surface area contributed by atoms with Crippen molar-refractivity contribution < 1.29 is 19.0 Å². The molecule has 2 N–H and O–H groups in total. The second-order valence-corrected chi connectivity index (χ2v) is 8.85. The Morgan fingerprint density at radius 3 is 2.60 bits per heavy atom. The average molecular weight is 481 g/mol. The number of rotatable bonds is 9. The summed E-state index contributed by atoms with van der Waals surface area (Å²) in [5, 5.41) is 12.1. The summed E-state index contributed by atoms with van der Waals surface area (Å²) in [6.07, 6.45) is 3.90. The van der Waals surface area contributed by atoms with E-state index in [0.29, 0.717) is 43.4 Å². The third-order valence-electron chi connectivity index (χ3n) is 6.15. The zero-order chi connectivity index (χ0) is 25.1. The largest absolute Gasteiger partial charge is 0.491 e. The number of carboxylic acids is 1. The van der Waals surface area contributed by atoms with Crippen LogP contribution in [0.2, 0.25) is 0 Å². The van der Waals surface area contributed by atoms with Crippen LogP contribution in [-0.4, -0.2) is 45.2 Å². The van der Waals surface area contributed by atoms with Gasteiger partial charge in [0, 0.05) is 43.8 Å². The van der Waals surface area contributed by atoms with Crippen LogP contribution in [0.4, 0.5) is 15.9 Å². The van der Waals surface area contributed by atoms with Crippen molar-refractivity contribution in [3.63, 3.8) is 0 Å². The molecule has 2 aromatic carbocycles. The van der Waals surface area contributed by atoms with Crippen LogP contribution in [-0.2, 0) is 11.3 Å². The van der Waals surface area contributed by atoms with Gasteiger partial charge in [0.05, 0.1) is 18.2 Å². The number of benzene rings is 2. The van der Waals surface area contributed by atoms with Crippen molar-refractivity contribution in [2.45, 2.75) is 33.7 Å². The lowest BCUT2D eigenvalue weighted by atomic mass is 9.96. The molecule has 0 aliphatic carbocycles. The normalized spacial score (nSPS) is 13.9. The van der Waals surface area contributed by atoms with Crippen molar-refractivity contribution in [1.29, 1.82) is 0 Å². The van der Waals surface area contributed by atoms with E-state index in [2.05, 4.69) is 15.2 Å². The first-order chi connectivity index (χ1) is 16.8. The van der Waals surface area contributed by atoms with Gasteiger partial charge in [-0.05, 0) is 61.2 Å². The maximum Gasteiger partial charge on any atom is 0.309 e. The number of carbonyl (C=O) groups is 1. The number of likely N-dealkylation sites (tertiary alicyclic amines) is 1. The second kappa shape index (κ2) is 10.3. The highest BCUT2D eigenvalue weighted by molar-refractivity contribution is 5.71. The Morgan fingerprint density at radius 2 is 1.94 bits per heavy atom. The molecule has 0 saturated carbocycles. The van der Waals surface area contributed by atoms with E-state index in [1.54, 1.807) is 6.20 Å². The van der Waals surface area contributed by atoms with Crippen molar-refractivity contribution in [2.75, 3.05) is 25.0 Å². The summed E-state index contributed by atoms with van der Waals surface area (Å²) in [6, 6.07) is 7.98. The van der Waals surface area contributed by atoms with Crippen LogP contribution in [0, 0.1) is 25.6 Å². The summed E-state index contributed by atoms with van der Waals surface area (Å²) in [5.74, 6) is -1.07. The number of anilines is 2. The zero-order valence-corrected chi connectivity index (χ0v) is 20.0. The number of ether oxygens (including phenoxy) is 1. The standard InChI is InChI=1S/C26H29FN4O4/c1-4-9-35-23-12-19(27)5-6-22(23)29-24-25(32)31(8-7-28-24)20-10-16(2)21(17(3)11-20)15-30-13-18(14-30)26(33)34/h5-8,10-12,18H,4,9,13-15H2,1-3H3,(H,28,29)(H,33,34). The van der Waals surface area contributed by atoms with Crippen molar-refractivity contribution in [3.8, 4) is 11.4 Å². The monoisotopic (exact) mass is 480 g/mol. The lowest BCUT2D eigenvalue weighted by Gasteiger charge is -2.37. The van der Waals surface area contributed by atoms with Crippen molar-refractivity contribution in [1.82, 2.24) is 14.5 Å². The molecule has 0 atom stereocenters. The highest BCUT2D eigenvalue weighted by Gasteiger charge is 2.32. The summed E-state index contributed by atoms with van der Waals surface area (Å²) in [7, 11) is 0. The van der Waals surface area contributed by atoms with Crippen molar-refractivity contribution in [3.05, 3.63) is 75.6 Å². The summed E-state index contributed by atoms with van der Waals surface area (Å²) < 4.78 is 20.9. The summed E-state index contributed by atoms with van der Waals surface area (Å²) in [6.45, 7) is 8.11. The van der Waals surface area contributed by atoms with Gasteiger partial charge >= 0.3 is 5.97 Å². The van der Waals surface area contributed by atoms with Crippen LogP contribution < -0.4 is 15.6 Å². The van der Waals surface area contributed by atoms with Crippen LogP contribution in [0.25, 0.3) is 5.69 Å². The lowest BCUT2D eigenvalue weighted by molar-refractivity contribution is -0.147. The number of nitrogens with zero attached hydrogens (tertiary/aromatic N) is 3. The molecule has 0 spiro atoms. The first-order valence-corrected chi connectivity index (χ1v) is 11.6. The minimum atomic E-state index is -0.754. The summed E-state index contributed by atoms with van der Waals surface area (Å²) >= 11 is 0. The number of aromatic nitrogens is 2. The van der Waals surface area contributed by atoms with Crippen LogP contribution in [0.15, 0.2) is 47.5 Å². The quantitative estimate of drug-likeness (QED) is 0.477. The number of halogens is 1. The Kier molecular flexibility index (Phi) is 7.16. The minimum absolute atomic E-state index is 0.0973. The van der Waals surface area contributed by atoms with Crippen LogP contribution >= 0.6 is 0 Å². The average Bonchev–Trinajstić information content (AvgIpc) is 2.78. The Balaban J connectivity index is 1.58. The van der Waals surface area contributed by atoms with Gasteiger partial charge in [0.1, 0.15) is 11.6 Å². The molecular formula is C26H29FN4O4. The molecule has 0 bridgehead atoms. The van der Waals surface area contributed by atoms with Crippen LogP contribution in [0.3, 0.4) is 0 Å². The van der Waals surface area contributed by atoms with Gasteiger partial charge in [0.2, 0.25) is 0 Å². The van der Waals surface area contributed by atoms with Crippen LogP contribution in [0.5, 0.6) is 5.75 Å². The van der Waals surface area contributed by atoms with Gasteiger partial charge in [-0.15, -0.1) is 0 Å². The van der Waals surface area contributed by atoms with Crippen molar-refractivity contribution in [2.24, 2.45) is 5.92 Å². The number of aliphatic carboxylic acids is 1. The van der Waals surface area contributed by atoms with E-state index in [-0.39, 0.29) is 17.3 Å². The molecule has 1 fully saturated rings. The number of hydrogen-bond acceptors (Lipinski definition) is 6. The van der Waals surface area contributed by atoms with E-state index in [1.165, 1.54) is 29.0 Å². The van der Waals surface area contributed by atoms with E-state index in [9.17, 15) is 14.0 Å². The third-order valence-corrected chi connectivity index (χ3v) is 6.15. The van der Waals surface area contributed by atoms with Gasteiger partial charge in [-0.25, -0.2) is 9.37 Å². The van der Waals surface area contributed by atoms with Crippen LogP contribution in [0.1, 0.15) is 30.0 Å². The molecule has 0 amide bonds. The Hall–Kier alpha value is -3.72. The topological polar surface area (TPSA) is 96.7 Å². The molecule has 1 saturated heterocycles. The Labute approximate surface area is 203 Å². The fourth-order valence-electron chi connectivity index (χ4n) is 4.20. The molecule has 4 rings (SSSR count). The van der Waals surface area contributed by atoms with Gasteiger partial charge in [0.25, 0.3) is 5.56 Å². The van der Waals surface area contributed by atoms with Gasteiger partial charge in [-0.1, -0.05) is 6.92 Å². The Bertz CT molecular complexity index is 1280. The molecule has 3 aromatic rings. The lowest BCUT2D eigenvalue weighted by Crippen LogP contribution is -2.49. The van der Waals surface area contributed by atoms with E-state index >= 15 is 0 Å². The number of aryl methyl sites for hydroxylation is 2. The van der Waals surface area contributed by atoms with Gasteiger partial charge in [-0.3, -0.25) is 19.1 Å². The predicted molar refractivity (Wildman–Crippen MR) is 131 cm³/mol. The summed E-state index contributed by atoms with van der Waals surface area (Å²) in [5.41, 5.74) is 3.97. The number of carboxylic acid groups (broad SMARTS) is 1. The molecule has 35 heavy (non-hydrogen) atoms.